The molecule has 0 N–H and O–H groups in total. The minimum Gasteiger partial charge on any atom is -0.267 e. The van der Waals surface area contributed by atoms with Gasteiger partial charge in [0.2, 0.25) is 0 Å². The molecule has 0 aromatic heterocycles. The van der Waals surface area contributed by atoms with E-state index >= 15 is 0 Å². The fourth-order valence-electron chi connectivity index (χ4n) is 0.833. The van der Waals surface area contributed by atoms with Crippen LogP contribution in [0, 0.1) is 5.92 Å². The summed E-state index contributed by atoms with van der Waals surface area (Å²) in [7, 11) is 0. The molecule has 0 saturated heterocycles. The lowest BCUT2D eigenvalue weighted by Crippen LogP contribution is -2.31. The fraction of sp³-hybridized carbons (Fsp3) is 0.556. The van der Waals surface area contributed by atoms with Crippen LogP contribution >= 0.6 is 0 Å². The largest absolute Gasteiger partial charge is 0.277 e. The van der Waals surface area contributed by atoms with Crippen molar-refractivity contribution < 1.29 is 14.4 Å². The second-order valence-corrected chi connectivity index (χ2v) is 3.11. The van der Waals surface area contributed by atoms with Crippen LogP contribution in [0.4, 0.5) is 0 Å². The highest BCUT2D eigenvalue weighted by Gasteiger charge is 2.24. The maximum atomic E-state index is 11.0. The molecule has 1 aliphatic heterocycles. The number of nitrogens with zero attached hydrogens (tertiary/aromatic N) is 1. The van der Waals surface area contributed by atoms with Gasteiger partial charge in [-0.15, -0.1) is 5.06 Å². The number of amides is 2. The van der Waals surface area contributed by atoms with Crippen LogP contribution in [0.5, 0.6) is 0 Å². The highest BCUT2D eigenvalue weighted by Crippen LogP contribution is 2.07. The van der Waals surface area contributed by atoms with Gasteiger partial charge in [-0.05, 0) is 5.92 Å². The predicted octanol–water partition coefficient (Wildman–Crippen LogP) is 0.889. The lowest BCUT2D eigenvalue weighted by atomic mass is 10.1. The highest BCUT2D eigenvalue weighted by atomic mass is 16.7. The summed E-state index contributed by atoms with van der Waals surface area (Å²) in [6.07, 6.45) is 3.38. The van der Waals surface area contributed by atoms with Crippen LogP contribution in [0.15, 0.2) is 12.2 Å². The number of carbonyl (C=O) groups excluding carboxylic acids is 2. The Bertz CT molecular complexity index is 229. The third-order valence-electron chi connectivity index (χ3n) is 1.95. The molecule has 0 fully saturated rings. The molecule has 0 aromatic rings. The number of rotatable bonds is 4. The summed E-state index contributed by atoms with van der Waals surface area (Å²) in [5, 5.41) is 0.798. The maximum Gasteiger partial charge on any atom is 0.277 e. The van der Waals surface area contributed by atoms with E-state index in [0.717, 1.165) is 11.5 Å². The van der Waals surface area contributed by atoms with Gasteiger partial charge in [0.1, 0.15) is 0 Å². The van der Waals surface area contributed by atoms with E-state index in [9.17, 15) is 9.59 Å². The highest BCUT2D eigenvalue weighted by molar-refractivity contribution is 6.11. The number of carbonyl (C=O) groups is 2. The van der Waals surface area contributed by atoms with Gasteiger partial charge in [-0.1, -0.05) is 20.3 Å². The summed E-state index contributed by atoms with van der Waals surface area (Å²) in [5.41, 5.74) is 0. The molecule has 1 atom stereocenters. The molecule has 2 amide bonds. The molecule has 0 aromatic carbocycles. The zero-order valence-electron chi connectivity index (χ0n) is 7.82. The topological polar surface area (TPSA) is 46.6 Å². The van der Waals surface area contributed by atoms with Crippen molar-refractivity contribution in [3.8, 4) is 0 Å². The molecule has 0 aliphatic carbocycles. The third kappa shape index (κ3) is 2.39. The van der Waals surface area contributed by atoms with E-state index in [1.165, 1.54) is 12.2 Å². The normalized spacial score (nSPS) is 18.5. The summed E-state index contributed by atoms with van der Waals surface area (Å²) in [4.78, 5) is 27.0. The van der Waals surface area contributed by atoms with Gasteiger partial charge < -0.3 is 0 Å². The summed E-state index contributed by atoms with van der Waals surface area (Å²) in [6, 6.07) is 0. The molecule has 0 saturated carbocycles. The van der Waals surface area contributed by atoms with Crippen LogP contribution in [-0.4, -0.2) is 23.5 Å². The second kappa shape index (κ2) is 4.18. The van der Waals surface area contributed by atoms with Crippen LogP contribution in [0.25, 0.3) is 0 Å². The number of hydrogen-bond acceptors (Lipinski definition) is 3. The lowest BCUT2D eigenvalue weighted by Gasteiger charge is -2.15. The van der Waals surface area contributed by atoms with Gasteiger partial charge in [-0.3, -0.25) is 14.4 Å². The van der Waals surface area contributed by atoms with Crippen molar-refractivity contribution >= 4 is 11.8 Å². The van der Waals surface area contributed by atoms with Gasteiger partial charge >= 0.3 is 0 Å². The Morgan fingerprint density at radius 3 is 2.38 bits per heavy atom. The summed E-state index contributed by atoms with van der Waals surface area (Å²) >= 11 is 0. The van der Waals surface area contributed by atoms with Crippen LogP contribution in [0.2, 0.25) is 0 Å². The van der Waals surface area contributed by atoms with Crippen molar-refractivity contribution in [3.63, 3.8) is 0 Å². The predicted molar refractivity (Wildman–Crippen MR) is 46.4 cm³/mol. The molecular weight excluding hydrogens is 170 g/mol. The van der Waals surface area contributed by atoms with Crippen molar-refractivity contribution in [1.82, 2.24) is 5.06 Å². The van der Waals surface area contributed by atoms with Crippen LogP contribution < -0.4 is 0 Å². The number of imide groups is 1. The van der Waals surface area contributed by atoms with E-state index in [2.05, 4.69) is 0 Å². The van der Waals surface area contributed by atoms with E-state index < -0.39 is 11.8 Å². The van der Waals surface area contributed by atoms with E-state index in [-0.39, 0.29) is 0 Å². The summed E-state index contributed by atoms with van der Waals surface area (Å²) in [6.45, 7) is 4.42. The first kappa shape index (κ1) is 9.92. The van der Waals surface area contributed by atoms with E-state index in [1.54, 1.807) is 0 Å². The van der Waals surface area contributed by atoms with Gasteiger partial charge in [0.05, 0.1) is 6.61 Å². The quantitative estimate of drug-likeness (QED) is 0.608. The minimum atomic E-state index is -0.395. The Balaban J connectivity index is 2.38. The van der Waals surface area contributed by atoms with E-state index in [1.807, 2.05) is 13.8 Å². The lowest BCUT2D eigenvalue weighted by molar-refractivity contribution is -0.188. The Morgan fingerprint density at radius 2 is 1.92 bits per heavy atom. The van der Waals surface area contributed by atoms with Crippen molar-refractivity contribution in [2.75, 3.05) is 6.61 Å². The Labute approximate surface area is 77.1 Å². The Hall–Kier alpha value is -1.16. The van der Waals surface area contributed by atoms with Gasteiger partial charge in [0.25, 0.3) is 11.8 Å². The molecule has 4 heteroatoms. The van der Waals surface area contributed by atoms with Gasteiger partial charge in [0, 0.05) is 12.2 Å². The first-order chi connectivity index (χ1) is 6.15. The molecule has 1 aliphatic rings. The molecule has 1 rings (SSSR count). The maximum absolute atomic E-state index is 11.0. The molecule has 72 valence electrons. The molecular formula is C9H13NO3. The zero-order valence-corrected chi connectivity index (χ0v) is 7.82. The van der Waals surface area contributed by atoms with Crippen molar-refractivity contribution in [1.29, 1.82) is 0 Å². The molecule has 0 spiro atoms. The Kier molecular flexibility index (Phi) is 3.19. The van der Waals surface area contributed by atoms with Crippen molar-refractivity contribution in [2.45, 2.75) is 20.3 Å². The first-order valence-corrected chi connectivity index (χ1v) is 4.34. The number of hydrogen-bond donors (Lipinski definition) is 0. The molecule has 1 unspecified atom stereocenters. The van der Waals surface area contributed by atoms with Gasteiger partial charge in [0.15, 0.2) is 0 Å². The van der Waals surface area contributed by atoms with E-state index in [4.69, 9.17) is 4.84 Å². The van der Waals surface area contributed by atoms with Crippen LogP contribution in [-0.2, 0) is 14.4 Å². The molecule has 1 heterocycles. The summed E-state index contributed by atoms with van der Waals surface area (Å²) in [5.74, 6) is -0.442. The summed E-state index contributed by atoms with van der Waals surface area (Å²) < 4.78 is 0. The average Bonchev–Trinajstić information content (AvgIpc) is 2.43. The minimum absolute atomic E-state index is 0.348. The van der Waals surface area contributed by atoms with Gasteiger partial charge in [-0.25, -0.2) is 0 Å². The third-order valence-corrected chi connectivity index (χ3v) is 1.95. The SMILES string of the molecule is CCC(C)CON1C(=O)C=CC1=O. The molecule has 0 bridgehead atoms. The fourth-order valence-corrected chi connectivity index (χ4v) is 0.833. The number of hydroxylamine groups is 2. The second-order valence-electron chi connectivity index (χ2n) is 3.11. The molecule has 4 nitrogen and oxygen atoms in total. The van der Waals surface area contributed by atoms with Gasteiger partial charge in [-0.2, -0.15) is 0 Å². The monoisotopic (exact) mass is 183 g/mol. The standard InChI is InChI=1S/C9H13NO3/c1-3-7(2)6-13-10-8(11)4-5-9(10)12/h4-5,7H,3,6H2,1-2H3. The van der Waals surface area contributed by atoms with Crippen LogP contribution in [0.3, 0.4) is 0 Å². The van der Waals surface area contributed by atoms with Crippen molar-refractivity contribution in [3.05, 3.63) is 12.2 Å². The smallest absolute Gasteiger partial charge is 0.267 e. The van der Waals surface area contributed by atoms with Crippen molar-refractivity contribution in [2.24, 2.45) is 5.92 Å². The molecule has 0 radical (unpaired) electrons. The Morgan fingerprint density at radius 1 is 1.38 bits per heavy atom. The average molecular weight is 183 g/mol. The zero-order chi connectivity index (χ0) is 9.84. The first-order valence-electron chi connectivity index (χ1n) is 4.34. The van der Waals surface area contributed by atoms with E-state index in [0.29, 0.717) is 12.5 Å². The van der Waals surface area contributed by atoms with Crippen LogP contribution in [0.1, 0.15) is 20.3 Å². The molecule has 13 heavy (non-hydrogen) atoms.